The number of likely N-dealkylation sites (tertiary alicyclic amines) is 1. The summed E-state index contributed by atoms with van der Waals surface area (Å²) in [5.41, 5.74) is 0.762. The number of carbonyl (C=O) groups is 1. The number of nitrogens with one attached hydrogen (secondary N) is 1. The van der Waals surface area contributed by atoms with Crippen molar-refractivity contribution in [1.82, 2.24) is 20.4 Å². The van der Waals surface area contributed by atoms with Crippen molar-refractivity contribution in [3.63, 3.8) is 0 Å². The van der Waals surface area contributed by atoms with Crippen LogP contribution < -0.4 is 5.32 Å². The van der Waals surface area contributed by atoms with Gasteiger partial charge in [0.1, 0.15) is 0 Å². The molecule has 1 aromatic heterocycles. The number of hydrogen-bond acceptors (Lipinski definition) is 6. The molecule has 8 heteroatoms. The van der Waals surface area contributed by atoms with Crippen molar-refractivity contribution in [3.8, 4) is 11.4 Å². The summed E-state index contributed by atoms with van der Waals surface area (Å²) in [5, 5.41) is 7.67. The Balaban J connectivity index is 1.40. The van der Waals surface area contributed by atoms with Crippen molar-refractivity contribution < 1.29 is 14.1 Å². The Hall–Kier alpha value is -1.96. The number of nitrogens with zero attached hydrogens (tertiary/aromatic N) is 3. The zero-order valence-electron chi connectivity index (χ0n) is 17.1. The van der Waals surface area contributed by atoms with Crippen LogP contribution >= 0.6 is 11.6 Å². The number of amides is 1. The number of ether oxygens (including phenoxy) is 1. The number of benzene rings is 1. The molecular weight excluding hydrogens is 392 g/mol. The highest BCUT2D eigenvalue weighted by Crippen LogP contribution is 2.25. The lowest BCUT2D eigenvalue weighted by molar-refractivity contribution is -0.126. The number of carbonyl (C=O) groups excluding carboxylic acids is 1. The number of rotatable bonds is 9. The average molecular weight is 421 g/mol. The molecule has 158 valence electrons. The van der Waals surface area contributed by atoms with E-state index in [2.05, 4.69) is 20.4 Å². The van der Waals surface area contributed by atoms with Gasteiger partial charge in [0.15, 0.2) is 0 Å². The SMILES string of the molecule is CC(C)OCCCNC(=O)C1CCN(Cc2nc(-c3ccccc3Cl)no2)CC1. The van der Waals surface area contributed by atoms with E-state index in [4.69, 9.17) is 20.9 Å². The second-order valence-corrected chi connectivity index (χ2v) is 8.01. The Labute approximate surface area is 176 Å². The molecule has 29 heavy (non-hydrogen) atoms. The van der Waals surface area contributed by atoms with Gasteiger partial charge >= 0.3 is 0 Å². The molecule has 1 aliphatic rings. The van der Waals surface area contributed by atoms with Gasteiger partial charge in [-0.2, -0.15) is 4.98 Å². The van der Waals surface area contributed by atoms with Crippen molar-refractivity contribution in [3.05, 3.63) is 35.2 Å². The van der Waals surface area contributed by atoms with Crippen LogP contribution in [0.5, 0.6) is 0 Å². The standard InChI is InChI=1S/C21H29ClN4O3/c1-15(2)28-13-5-10-23-21(27)16-8-11-26(12-9-16)14-19-24-20(25-29-19)17-6-3-4-7-18(17)22/h3-4,6-7,15-16H,5,8-14H2,1-2H3,(H,23,27). The number of hydrogen-bond donors (Lipinski definition) is 1. The van der Waals surface area contributed by atoms with E-state index in [1.54, 1.807) is 6.07 Å². The van der Waals surface area contributed by atoms with Gasteiger partial charge in [0.05, 0.1) is 17.7 Å². The molecule has 1 aliphatic heterocycles. The van der Waals surface area contributed by atoms with E-state index in [1.807, 2.05) is 32.0 Å². The van der Waals surface area contributed by atoms with Crippen molar-refractivity contribution in [2.75, 3.05) is 26.2 Å². The quantitative estimate of drug-likeness (QED) is 0.625. The minimum atomic E-state index is 0.0682. The van der Waals surface area contributed by atoms with Crippen LogP contribution in [0.1, 0.15) is 39.0 Å². The normalized spacial score (nSPS) is 15.7. The zero-order valence-corrected chi connectivity index (χ0v) is 17.8. The lowest BCUT2D eigenvalue weighted by Gasteiger charge is -2.30. The lowest BCUT2D eigenvalue weighted by Crippen LogP contribution is -2.40. The van der Waals surface area contributed by atoms with Gasteiger partial charge in [0.25, 0.3) is 0 Å². The first-order valence-electron chi connectivity index (χ1n) is 10.2. The van der Waals surface area contributed by atoms with Crippen molar-refractivity contribution in [2.24, 2.45) is 5.92 Å². The Morgan fingerprint density at radius 3 is 2.83 bits per heavy atom. The fourth-order valence-electron chi connectivity index (χ4n) is 3.36. The lowest BCUT2D eigenvalue weighted by atomic mass is 9.96. The highest BCUT2D eigenvalue weighted by molar-refractivity contribution is 6.33. The molecule has 3 rings (SSSR count). The van der Waals surface area contributed by atoms with E-state index in [-0.39, 0.29) is 17.9 Å². The fraction of sp³-hybridized carbons (Fsp3) is 0.571. The molecule has 7 nitrogen and oxygen atoms in total. The summed E-state index contributed by atoms with van der Waals surface area (Å²) in [7, 11) is 0. The Morgan fingerprint density at radius 1 is 1.34 bits per heavy atom. The molecule has 1 N–H and O–H groups in total. The van der Waals surface area contributed by atoms with Crippen LogP contribution in [0.2, 0.25) is 5.02 Å². The average Bonchev–Trinajstić information content (AvgIpc) is 3.16. The zero-order chi connectivity index (χ0) is 20.6. The highest BCUT2D eigenvalue weighted by atomic mass is 35.5. The second-order valence-electron chi connectivity index (χ2n) is 7.61. The highest BCUT2D eigenvalue weighted by Gasteiger charge is 2.25. The van der Waals surface area contributed by atoms with Gasteiger partial charge in [-0.3, -0.25) is 9.69 Å². The molecule has 0 atom stereocenters. The first-order chi connectivity index (χ1) is 14.0. The van der Waals surface area contributed by atoms with Crippen molar-refractivity contribution in [2.45, 2.75) is 45.8 Å². The van der Waals surface area contributed by atoms with E-state index in [9.17, 15) is 4.79 Å². The second kappa shape index (κ2) is 10.7. The summed E-state index contributed by atoms with van der Waals surface area (Å²) in [4.78, 5) is 19.0. The van der Waals surface area contributed by atoms with Gasteiger partial charge in [0, 0.05) is 24.6 Å². The largest absolute Gasteiger partial charge is 0.379 e. The molecule has 0 aliphatic carbocycles. The van der Waals surface area contributed by atoms with Crippen LogP contribution in [-0.2, 0) is 16.1 Å². The van der Waals surface area contributed by atoms with Crippen LogP contribution in [0.4, 0.5) is 0 Å². The Kier molecular flexibility index (Phi) is 8.03. The third-order valence-electron chi connectivity index (χ3n) is 4.97. The van der Waals surface area contributed by atoms with Gasteiger partial charge in [-0.25, -0.2) is 0 Å². The predicted octanol–water partition coefficient (Wildman–Crippen LogP) is 3.53. The molecule has 0 spiro atoms. The summed E-state index contributed by atoms with van der Waals surface area (Å²) in [6, 6.07) is 7.44. The maximum Gasteiger partial charge on any atom is 0.241 e. The molecule has 0 saturated carbocycles. The van der Waals surface area contributed by atoms with Gasteiger partial charge in [-0.15, -0.1) is 0 Å². The summed E-state index contributed by atoms with van der Waals surface area (Å²) in [6.45, 7) is 7.61. The van der Waals surface area contributed by atoms with Crippen LogP contribution in [0.3, 0.4) is 0 Å². The number of halogens is 1. The molecular formula is C21H29ClN4O3. The van der Waals surface area contributed by atoms with Gasteiger partial charge in [0.2, 0.25) is 17.6 Å². The topological polar surface area (TPSA) is 80.5 Å². The summed E-state index contributed by atoms with van der Waals surface area (Å²) in [5.74, 6) is 1.28. The predicted molar refractivity (Wildman–Crippen MR) is 111 cm³/mol. The van der Waals surface area contributed by atoms with Crippen LogP contribution in [-0.4, -0.2) is 53.3 Å². The number of aromatic nitrogens is 2. The first kappa shape index (κ1) is 21.7. The Bertz CT molecular complexity index is 788. The smallest absolute Gasteiger partial charge is 0.241 e. The summed E-state index contributed by atoms with van der Waals surface area (Å²) >= 11 is 6.20. The van der Waals surface area contributed by atoms with Gasteiger partial charge in [-0.1, -0.05) is 28.9 Å². The monoisotopic (exact) mass is 420 g/mol. The Morgan fingerprint density at radius 2 is 2.10 bits per heavy atom. The molecule has 0 radical (unpaired) electrons. The van der Waals surface area contributed by atoms with Crippen molar-refractivity contribution >= 4 is 17.5 Å². The van der Waals surface area contributed by atoms with Crippen LogP contribution in [0, 0.1) is 5.92 Å². The molecule has 1 saturated heterocycles. The third kappa shape index (κ3) is 6.52. The molecule has 2 aromatic rings. The maximum atomic E-state index is 12.3. The molecule has 1 amide bonds. The molecule has 0 bridgehead atoms. The van der Waals surface area contributed by atoms with E-state index in [0.717, 1.165) is 37.9 Å². The van der Waals surface area contributed by atoms with E-state index >= 15 is 0 Å². The molecule has 1 fully saturated rings. The van der Waals surface area contributed by atoms with E-state index in [1.165, 1.54) is 0 Å². The maximum absolute atomic E-state index is 12.3. The van der Waals surface area contributed by atoms with Gasteiger partial charge in [-0.05, 0) is 58.3 Å². The van der Waals surface area contributed by atoms with Gasteiger partial charge < -0.3 is 14.6 Å². The van der Waals surface area contributed by atoms with Crippen molar-refractivity contribution in [1.29, 1.82) is 0 Å². The van der Waals surface area contributed by atoms with Crippen LogP contribution in [0.15, 0.2) is 28.8 Å². The first-order valence-corrected chi connectivity index (χ1v) is 10.6. The van der Waals surface area contributed by atoms with Crippen LogP contribution in [0.25, 0.3) is 11.4 Å². The minimum absolute atomic E-state index is 0.0682. The number of piperidine rings is 1. The summed E-state index contributed by atoms with van der Waals surface area (Å²) in [6.07, 6.45) is 2.74. The minimum Gasteiger partial charge on any atom is -0.379 e. The van der Waals surface area contributed by atoms with E-state index in [0.29, 0.717) is 36.4 Å². The third-order valence-corrected chi connectivity index (χ3v) is 5.30. The fourth-order valence-corrected chi connectivity index (χ4v) is 3.58. The molecule has 0 unspecified atom stereocenters. The molecule has 1 aromatic carbocycles. The van der Waals surface area contributed by atoms with E-state index < -0.39 is 0 Å². The molecule has 2 heterocycles. The summed E-state index contributed by atoms with van der Waals surface area (Å²) < 4.78 is 10.9.